The van der Waals surface area contributed by atoms with Crippen LogP contribution in [-0.2, 0) is 0 Å². The van der Waals surface area contributed by atoms with Gasteiger partial charge < -0.3 is 16.8 Å². The predicted molar refractivity (Wildman–Crippen MR) is 67.5 cm³/mol. The second kappa shape index (κ2) is 4.24. The van der Waals surface area contributed by atoms with E-state index < -0.39 is 0 Å². The van der Waals surface area contributed by atoms with Crippen molar-refractivity contribution in [2.75, 3.05) is 16.8 Å². The summed E-state index contributed by atoms with van der Waals surface area (Å²) in [5, 5.41) is 6.50. The summed E-state index contributed by atoms with van der Waals surface area (Å²) in [5.74, 6) is -0.211. The van der Waals surface area contributed by atoms with E-state index in [0.717, 1.165) is 5.69 Å². The molecule has 0 spiro atoms. The fourth-order valence-electron chi connectivity index (χ4n) is 1.35. The van der Waals surface area contributed by atoms with Crippen LogP contribution in [0.4, 0.5) is 17.1 Å². The van der Waals surface area contributed by atoms with E-state index in [9.17, 15) is 4.79 Å². The maximum Gasteiger partial charge on any atom is 0.255 e. The SMILES string of the molecule is Nc1cc(N)cc(C(=O)Nc2ccsc2)c1. The Morgan fingerprint density at radius 3 is 2.44 bits per heavy atom. The van der Waals surface area contributed by atoms with E-state index in [1.165, 1.54) is 11.3 Å². The maximum atomic E-state index is 11.8. The minimum Gasteiger partial charge on any atom is -0.399 e. The largest absolute Gasteiger partial charge is 0.399 e. The zero-order valence-corrected chi connectivity index (χ0v) is 9.25. The first-order valence-corrected chi connectivity index (χ1v) is 5.59. The number of benzene rings is 1. The van der Waals surface area contributed by atoms with Gasteiger partial charge in [0, 0.05) is 22.3 Å². The third-order valence-electron chi connectivity index (χ3n) is 2.02. The van der Waals surface area contributed by atoms with E-state index in [2.05, 4.69) is 5.32 Å². The number of nitrogens with one attached hydrogen (secondary N) is 1. The van der Waals surface area contributed by atoms with Gasteiger partial charge in [0.15, 0.2) is 0 Å². The number of carbonyl (C=O) groups excluding carboxylic acids is 1. The summed E-state index contributed by atoms with van der Waals surface area (Å²) < 4.78 is 0. The average Bonchev–Trinajstić information content (AvgIpc) is 2.68. The van der Waals surface area contributed by atoms with Crippen molar-refractivity contribution in [1.82, 2.24) is 0 Å². The maximum absolute atomic E-state index is 11.8. The van der Waals surface area contributed by atoms with Crippen LogP contribution in [0.1, 0.15) is 10.4 Å². The molecule has 82 valence electrons. The molecule has 5 N–H and O–H groups in total. The summed E-state index contributed by atoms with van der Waals surface area (Å²) in [4.78, 5) is 11.8. The highest BCUT2D eigenvalue weighted by molar-refractivity contribution is 7.08. The first-order valence-electron chi connectivity index (χ1n) is 4.65. The van der Waals surface area contributed by atoms with Gasteiger partial charge in [-0.2, -0.15) is 11.3 Å². The molecule has 0 fully saturated rings. The number of carbonyl (C=O) groups is 1. The molecule has 5 heteroatoms. The van der Waals surface area contributed by atoms with E-state index in [1.54, 1.807) is 18.2 Å². The molecule has 4 nitrogen and oxygen atoms in total. The van der Waals surface area contributed by atoms with Crippen LogP contribution < -0.4 is 16.8 Å². The Kier molecular flexibility index (Phi) is 2.78. The van der Waals surface area contributed by atoms with Crippen molar-refractivity contribution >= 4 is 34.3 Å². The van der Waals surface area contributed by atoms with Crippen LogP contribution >= 0.6 is 11.3 Å². The zero-order valence-electron chi connectivity index (χ0n) is 8.44. The van der Waals surface area contributed by atoms with E-state index in [-0.39, 0.29) is 5.91 Å². The molecule has 2 rings (SSSR count). The molecule has 1 heterocycles. The van der Waals surface area contributed by atoms with Crippen molar-refractivity contribution in [2.24, 2.45) is 0 Å². The van der Waals surface area contributed by atoms with Gasteiger partial charge in [0.25, 0.3) is 5.91 Å². The number of hydrogen-bond acceptors (Lipinski definition) is 4. The first-order chi connectivity index (χ1) is 7.65. The van der Waals surface area contributed by atoms with Crippen LogP contribution in [0.5, 0.6) is 0 Å². The standard InChI is InChI=1S/C11H11N3OS/c12-8-3-7(4-9(13)5-8)11(15)14-10-1-2-16-6-10/h1-6H,12-13H2,(H,14,15). The van der Waals surface area contributed by atoms with Crippen LogP contribution in [0.15, 0.2) is 35.0 Å². The van der Waals surface area contributed by atoms with Crippen LogP contribution in [0.3, 0.4) is 0 Å². The molecule has 0 radical (unpaired) electrons. The lowest BCUT2D eigenvalue weighted by Gasteiger charge is -2.05. The molecule has 0 unspecified atom stereocenters. The van der Waals surface area contributed by atoms with Crippen molar-refractivity contribution in [3.05, 3.63) is 40.6 Å². The molecule has 1 amide bonds. The predicted octanol–water partition coefficient (Wildman–Crippen LogP) is 2.16. The van der Waals surface area contributed by atoms with E-state index in [4.69, 9.17) is 11.5 Å². The molecule has 2 aromatic rings. The normalized spacial score (nSPS) is 10.0. The lowest BCUT2D eigenvalue weighted by molar-refractivity contribution is 0.102. The van der Waals surface area contributed by atoms with Gasteiger partial charge in [-0.25, -0.2) is 0 Å². The first kappa shape index (κ1) is 10.5. The van der Waals surface area contributed by atoms with Gasteiger partial charge in [0.2, 0.25) is 0 Å². The van der Waals surface area contributed by atoms with Gasteiger partial charge in [-0.15, -0.1) is 0 Å². The molecule has 16 heavy (non-hydrogen) atoms. The van der Waals surface area contributed by atoms with Gasteiger partial charge in [0.1, 0.15) is 0 Å². The average molecular weight is 233 g/mol. The van der Waals surface area contributed by atoms with Gasteiger partial charge >= 0.3 is 0 Å². The van der Waals surface area contributed by atoms with Crippen molar-refractivity contribution in [3.8, 4) is 0 Å². The zero-order chi connectivity index (χ0) is 11.5. The lowest BCUT2D eigenvalue weighted by atomic mass is 10.1. The number of nitrogen functional groups attached to an aromatic ring is 2. The highest BCUT2D eigenvalue weighted by Gasteiger charge is 2.07. The topological polar surface area (TPSA) is 81.1 Å². The van der Waals surface area contributed by atoms with Crippen molar-refractivity contribution < 1.29 is 4.79 Å². The Morgan fingerprint density at radius 1 is 1.19 bits per heavy atom. The molecular weight excluding hydrogens is 222 g/mol. The number of amides is 1. The van der Waals surface area contributed by atoms with Gasteiger partial charge in [-0.1, -0.05) is 0 Å². The fourth-order valence-corrected chi connectivity index (χ4v) is 1.93. The summed E-state index contributed by atoms with van der Waals surface area (Å²) >= 11 is 1.52. The summed E-state index contributed by atoms with van der Waals surface area (Å²) in [5.41, 5.74) is 13.4. The molecule has 0 bridgehead atoms. The molecule has 0 aliphatic heterocycles. The highest BCUT2D eigenvalue weighted by Crippen LogP contribution is 2.17. The number of nitrogens with two attached hydrogens (primary N) is 2. The molecule has 0 aliphatic rings. The molecule has 1 aromatic heterocycles. The lowest BCUT2D eigenvalue weighted by Crippen LogP contribution is -2.12. The van der Waals surface area contributed by atoms with Gasteiger partial charge in [-0.3, -0.25) is 4.79 Å². The third-order valence-corrected chi connectivity index (χ3v) is 2.70. The third kappa shape index (κ3) is 2.32. The van der Waals surface area contributed by atoms with Crippen LogP contribution in [0.2, 0.25) is 0 Å². The number of thiophene rings is 1. The number of hydrogen-bond donors (Lipinski definition) is 3. The van der Waals surface area contributed by atoms with Crippen molar-refractivity contribution in [2.45, 2.75) is 0 Å². The molecule has 0 aliphatic carbocycles. The summed E-state index contributed by atoms with van der Waals surface area (Å²) in [7, 11) is 0. The fraction of sp³-hybridized carbons (Fsp3) is 0. The molecule has 0 saturated heterocycles. The van der Waals surface area contributed by atoms with E-state index in [1.807, 2.05) is 16.8 Å². The molecule has 1 aromatic carbocycles. The van der Waals surface area contributed by atoms with E-state index >= 15 is 0 Å². The second-order valence-electron chi connectivity index (χ2n) is 3.35. The highest BCUT2D eigenvalue weighted by atomic mass is 32.1. The number of anilines is 3. The molecule has 0 saturated carbocycles. The van der Waals surface area contributed by atoms with Crippen molar-refractivity contribution in [3.63, 3.8) is 0 Å². The minimum atomic E-state index is -0.211. The van der Waals surface area contributed by atoms with Crippen LogP contribution in [0.25, 0.3) is 0 Å². The Balaban J connectivity index is 2.21. The van der Waals surface area contributed by atoms with Crippen LogP contribution in [0, 0.1) is 0 Å². The Labute approximate surface area is 96.9 Å². The summed E-state index contributed by atoms with van der Waals surface area (Å²) in [6, 6.07) is 6.63. The Hall–Kier alpha value is -2.01. The monoisotopic (exact) mass is 233 g/mol. The summed E-state index contributed by atoms with van der Waals surface area (Å²) in [6.45, 7) is 0. The minimum absolute atomic E-state index is 0.211. The molecular formula is C11H11N3OS. The van der Waals surface area contributed by atoms with Crippen molar-refractivity contribution in [1.29, 1.82) is 0 Å². The number of rotatable bonds is 2. The van der Waals surface area contributed by atoms with Crippen LogP contribution in [-0.4, -0.2) is 5.91 Å². The van der Waals surface area contributed by atoms with E-state index in [0.29, 0.717) is 16.9 Å². The van der Waals surface area contributed by atoms with Gasteiger partial charge in [0.05, 0.1) is 5.69 Å². The summed E-state index contributed by atoms with van der Waals surface area (Å²) in [6.07, 6.45) is 0. The smallest absolute Gasteiger partial charge is 0.255 e. The Morgan fingerprint density at radius 2 is 1.88 bits per heavy atom. The molecule has 0 atom stereocenters. The Bertz CT molecular complexity index is 488. The van der Waals surface area contributed by atoms with Gasteiger partial charge in [-0.05, 0) is 29.6 Å². The quantitative estimate of drug-likeness (QED) is 0.695. The second-order valence-corrected chi connectivity index (χ2v) is 4.13.